The molecule has 90 valence electrons. The fourth-order valence-electron chi connectivity index (χ4n) is 1.48. The summed E-state index contributed by atoms with van der Waals surface area (Å²) in [7, 11) is 0. The third-order valence-electron chi connectivity index (χ3n) is 2.45. The average molecular weight is 312 g/mol. The van der Waals surface area contributed by atoms with E-state index in [4.69, 9.17) is 0 Å². The summed E-state index contributed by atoms with van der Waals surface area (Å²) >= 11 is 5.25. The van der Waals surface area contributed by atoms with Gasteiger partial charge in [0.1, 0.15) is 10.8 Å². The minimum absolute atomic E-state index is 0.166. The Morgan fingerprint density at radius 2 is 2.12 bits per heavy atom. The first kappa shape index (κ1) is 12.5. The molecule has 2 aromatic heterocycles. The van der Waals surface area contributed by atoms with E-state index in [1.807, 2.05) is 18.5 Å². The second kappa shape index (κ2) is 5.14. The Kier molecular flexibility index (Phi) is 3.79. The van der Waals surface area contributed by atoms with Crippen LogP contribution in [-0.4, -0.2) is 9.97 Å². The number of nitrogens with zero attached hydrogens (tertiary/aromatic N) is 2. The van der Waals surface area contributed by atoms with Crippen molar-refractivity contribution in [2.24, 2.45) is 0 Å². The molecule has 3 nitrogen and oxygen atoms in total. The summed E-state index contributed by atoms with van der Waals surface area (Å²) in [5, 5.41) is 4.45. The van der Waals surface area contributed by atoms with Crippen LogP contribution in [0.25, 0.3) is 0 Å². The zero-order valence-corrected chi connectivity index (χ0v) is 12.4. The summed E-state index contributed by atoms with van der Waals surface area (Å²) in [6, 6.07) is 2.15. The van der Waals surface area contributed by atoms with E-state index in [1.165, 1.54) is 10.4 Å². The Morgan fingerprint density at radius 1 is 1.35 bits per heavy atom. The third-order valence-corrected chi connectivity index (χ3v) is 4.54. The molecule has 0 spiro atoms. The fourth-order valence-corrected chi connectivity index (χ4v) is 2.61. The molecule has 0 bridgehead atoms. The van der Waals surface area contributed by atoms with E-state index in [1.54, 1.807) is 11.3 Å². The van der Waals surface area contributed by atoms with Crippen LogP contribution in [0.3, 0.4) is 0 Å². The molecule has 0 amide bonds. The molecular formula is C12H14BrN3S. The van der Waals surface area contributed by atoms with Crippen molar-refractivity contribution < 1.29 is 0 Å². The lowest BCUT2D eigenvalue weighted by atomic mass is 10.3. The van der Waals surface area contributed by atoms with Gasteiger partial charge in [0.05, 0.1) is 10.5 Å². The standard InChI is InChI=1S/C12H14BrN3S/c1-7-4-5-14-11(10(7)13)16-9(3)12-15-6-8(2)17-12/h4-6,9H,1-3H3,(H,14,16). The van der Waals surface area contributed by atoms with Crippen molar-refractivity contribution in [2.45, 2.75) is 26.8 Å². The van der Waals surface area contributed by atoms with Gasteiger partial charge in [-0.2, -0.15) is 0 Å². The molecule has 0 saturated carbocycles. The molecule has 0 aliphatic rings. The minimum atomic E-state index is 0.166. The van der Waals surface area contributed by atoms with Crippen molar-refractivity contribution in [2.75, 3.05) is 5.32 Å². The monoisotopic (exact) mass is 311 g/mol. The Bertz CT molecular complexity index is 524. The van der Waals surface area contributed by atoms with Gasteiger partial charge < -0.3 is 5.32 Å². The smallest absolute Gasteiger partial charge is 0.141 e. The van der Waals surface area contributed by atoms with Crippen LogP contribution in [0, 0.1) is 13.8 Å². The lowest BCUT2D eigenvalue weighted by molar-refractivity contribution is 0.858. The van der Waals surface area contributed by atoms with Crippen molar-refractivity contribution >= 4 is 33.1 Å². The third kappa shape index (κ3) is 2.84. The molecule has 0 aliphatic carbocycles. The van der Waals surface area contributed by atoms with Gasteiger partial charge in [-0.05, 0) is 48.3 Å². The Labute approximate surface area is 113 Å². The zero-order valence-electron chi connectivity index (χ0n) is 9.99. The summed E-state index contributed by atoms with van der Waals surface area (Å²) in [5.74, 6) is 0.866. The number of hydrogen-bond donors (Lipinski definition) is 1. The quantitative estimate of drug-likeness (QED) is 0.927. The Balaban J connectivity index is 2.18. The number of rotatable bonds is 3. The summed E-state index contributed by atoms with van der Waals surface area (Å²) in [4.78, 5) is 9.93. The molecule has 1 N–H and O–H groups in total. The molecule has 0 saturated heterocycles. The van der Waals surface area contributed by atoms with Crippen molar-refractivity contribution in [3.05, 3.63) is 38.4 Å². The largest absolute Gasteiger partial charge is 0.360 e. The van der Waals surface area contributed by atoms with Crippen molar-refractivity contribution in [1.82, 2.24) is 9.97 Å². The number of halogens is 1. The number of anilines is 1. The molecule has 2 heterocycles. The topological polar surface area (TPSA) is 37.8 Å². The minimum Gasteiger partial charge on any atom is -0.360 e. The van der Waals surface area contributed by atoms with E-state index in [0.717, 1.165) is 15.3 Å². The van der Waals surface area contributed by atoms with Gasteiger partial charge in [0.25, 0.3) is 0 Å². The van der Waals surface area contributed by atoms with Gasteiger partial charge in [-0.25, -0.2) is 9.97 Å². The number of thiazole rings is 1. The SMILES string of the molecule is Cc1cnc(C(C)Nc2nccc(C)c2Br)s1. The van der Waals surface area contributed by atoms with E-state index in [2.05, 4.69) is 52.0 Å². The molecule has 1 atom stereocenters. The molecule has 2 aromatic rings. The maximum atomic E-state index is 4.38. The Hall–Kier alpha value is -0.940. The molecule has 0 radical (unpaired) electrons. The molecule has 1 unspecified atom stereocenters. The summed E-state index contributed by atoms with van der Waals surface area (Å²) in [5.41, 5.74) is 1.17. The zero-order chi connectivity index (χ0) is 12.4. The second-order valence-electron chi connectivity index (χ2n) is 3.97. The molecule has 5 heteroatoms. The van der Waals surface area contributed by atoms with E-state index in [9.17, 15) is 0 Å². The first-order valence-electron chi connectivity index (χ1n) is 5.38. The van der Waals surface area contributed by atoms with Gasteiger partial charge >= 0.3 is 0 Å². The number of pyridine rings is 1. The maximum Gasteiger partial charge on any atom is 0.141 e. The lowest BCUT2D eigenvalue weighted by Gasteiger charge is -2.14. The summed E-state index contributed by atoms with van der Waals surface area (Å²) in [6.07, 6.45) is 3.71. The van der Waals surface area contributed by atoms with Crippen LogP contribution in [-0.2, 0) is 0 Å². The molecular weight excluding hydrogens is 298 g/mol. The number of aromatic nitrogens is 2. The van der Waals surface area contributed by atoms with Gasteiger partial charge in [-0.3, -0.25) is 0 Å². The highest BCUT2D eigenvalue weighted by Gasteiger charge is 2.12. The van der Waals surface area contributed by atoms with Crippen LogP contribution in [0.4, 0.5) is 5.82 Å². The second-order valence-corrected chi connectivity index (χ2v) is 6.02. The predicted molar refractivity (Wildman–Crippen MR) is 75.6 cm³/mol. The van der Waals surface area contributed by atoms with E-state index >= 15 is 0 Å². The van der Waals surface area contributed by atoms with Gasteiger partial charge in [-0.15, -0.1) is 11.3 Å². The first-order valence-corrected chi connectivity index (χ1v) is 6.99. The van der Waals surface area contributed by atoms with Crippen LogP contribution < -0.4 is 5.32 Å². The van der Waals surface area contributed by atoms with Gasteiger partial charge in [0.2, 0.25) is 0 Å². The van der Waals surface area contributed by atoms with Gasteiger partial charge in [0.15, 0.2) is 0 Å². The highest BCUT2D eigenvalue weighted by Crippen LogP contribution is 2.28. The van der Waals surface area contributed by atoms with E-state index < -0.39 is 0 Å². The molecule has 0 aromatic carbocycles. The average Bonchev–Trinajstić information content (AvgIpc) is 2.72. The van der Waals surface area contributed by atoms with Crippen LogP contribution in [0.5, 0.6) is 0 Å². The van der Waals surface area contributed by atoms with Crippen molar-refractivity contribution in [1.29, 1.82) is 0 Å². The number of nitrogens with one attached hydrogen (secondary N) is 1. The Morgan fingerprint density at radius 3 is 2.76 bits per heavy atom. The van der Waals surface area contributed by atoms with E-state index in [-0.39, 0.29) is 6.04 Å². The van der Waals surface area contributed by atoms with E-state index in [0.29, 0.717) is 0 Å². The van der Waals surface area contributed by atoms with Gasteiger partial charge in [0, 0.05) is 17.3 Å². The van der Waals surface area contributed by atoms with Crippen molar-refractivity contribution in [3.8, 4) is 0 Å². The van der Waals surface area contributed by atoms with Crippen molar-refractivity contribution in [3.63, 3.8) is 0 Å². The normalized spacial score (nSPS) is 12.5. The van der Waals surface area contributed by atoms with Crippen LogP contribution in [0.15, 0.2) is 22.9 Å². The predicted octanol–water partition coefficient (Wildman–Crippen LogP) is 4.09. The first-order chi connectivity index (χ1) is 8.08. The fraction of sp³-hybridized carbons (Fsp3) is 0.333. The van der Waals surface area contributed by atoms with Crippen LogP contribution in [0.2, 0.25) is 0 Å². The van der Waals surface area contributed by atoms with Crippen LogP contribution in [0.1, 0.15) is 28.4 Å². The number of aryl methyl sites for hydroxylation is 2. The highest BCUT2D eigenvalue weighted by molar-refractivity contribution is 9.10. The number of hydrogen-bond acceptors (Lipinski definition) is 4. The van der Waals surface area contributed by atoms with Gasteiger partial charge in [-0.1, -0.05) is 0 Å². The molecule has 0 fully saturated rings. The highest BCUT2D eigenvalue weighted by atomic mass is 79.9. The summed E-state index contributed by atoms with van der Waals surface area (Å²) < 4.78 is 1.01. The maximum absolute atomic E-state index is 4.38. The summed E-state index contributed by atoms with van der Waals surface area (Å²) in [6.45, 7) is 6.21. The molecule has 2 rings (SSSR count). The lowest BCUT2D eigenvalue weighted by Crippen LogP contribution is -2.08. The molecule has 17 heavy (non-hydrogen) atoms. The molecule has 0 aliphatic heterocycles. The van der Waals surface area contributed by atoms with Crippen LogP contribution >= 0.6 is 27.3 Å².